The van der Waals surface area contributed by atoms with Crippen LogP contribution >= 0.6 is 15.9 Å². The first-order valence-electron chi connectivity index (χ1n) is 8.46. The van der Waals surface area contributed by atoms with Gasteiger partial charge in [-0.3, -0.25) is 4.79 Å². The third kappa shape index (κ3) is 3.71. The van der Waals surface area contributed by atoms with Gasteiger partial charge >= 0.3 is 6.18 Å². The van der Waals surface area contributed by atoms with Crippen LogP contribution in [0.5, 0.6) is 0 Å². The van der Waals surface area contributed by atoms with Crippen LogP contribution in [0.25, 0.3) is 16.7 Å². The maximum Gasteiger partial charge on any atom is 0.416 e. The number of aromatic nitrogens is 4. The number of hydrogen-bond donors (Lipinski definition) is 2. The van der Waals surface area contributed by atoms with E-state index in [1.165, 1.54) is 18.5 Å². The number of anilines is 2. The van der Waals surface area contributed by atoms with Crippen LogP contribution in [0.2, 0.25) is 0 Å². The van der Waals surface area contributed by atoms with Crippen LogP contribution in [0.1, 0.15) is 15.9 Å². The average Bonchev–Trinajstić information content (AvgIpc) is 3.06. The fourth-order valence-electron chi connectivity index (χ4n) is 2.88. The van der Waals surface area contributed by atoms with E-state index in [1.54, 1.807) is 22.9 Å². The minimum absolute atomic E-state index is 0.191. The van der Waals surface area contributed by atoms with E-state index in [0.29, 0.717) is 22.5 Å². The summed E-state index contributed by atoms with van der Waals surface area (Å²) in [5, 5.41) is 2.37. The van der Waals surface area contributed by atoms with E-state index in [-0.39, 0.29) is 11.4 Å². The van der Waals surface area contributed by atoms with E-state index in [0.717, 1.165) is 22.8 Å². The molecule has 0 bridgehead atoms. The lowest BCUT2D eigenvalue weighted by molar-refractivity contribution is -0.137. The molecule has 152 valence electrons. The molecule has 0 fully saturated rings. The minimum atomic E-state index is -4.52. The van der Waals surface area contributed by atoms with E-state index in [9.17, 15) is 18.0 Å². The summed E-state index contributed by atoms with van der Waals surface area (Å²) >= 11 is 3.43. The highest BCUT2D eigenvalue weighted by atomic mass is 79.9. The normalized spacial score (nSPS) is 11.6. The maximum absolute atomic E-state index is 12.8. The van der Waals surface area contributed by atoms with E-state index in [1.807, 2.05) is 0 Å². The largest absolute Gasteiger partial charge is 0.416 e. The first-order chi connectivity index (χ1) is 14.2. The Morgan fingerprint density at radius 2 is 1.83 bits per heavy atom. The van der Waals surface area contributed by atoms with Gasteiger partial charge in [-0.05, 0) is 52.3 Å². The second-order valence-corrected chi connectivity index (χ2v) is 7.09. The first kappa shape index (κ1) is 19.8. The zero-order valence-corrected chi connectivity index (χ0v) is 16.6. The summed E-state index contributed by atoms with van der Waals surface area (Å²) in [4.78, 5) is 24.4. The van der Waals surface area contributed by atoms with Crippen molar-refractivity contribution >= 4 is 44.5 Å². The van der Waals surface area contributed by atoms with Gasteiger partial charge in [0.15, 0.2) is 5.82 Å². The van der Waals surface area contributed by atoms with Crippen LogP contribution in [0.15, 0.2) is 59.6 Å². The van der Waals surface area contributed by atoms with Crippen molar-refractivity contribution in [3.8, 4) is 5.69 Å². The fourth-order valence-corrected chi connectivity index (χ4v) is 3.38. The molecule has 4 rings (SSSR count). The SMILES string of the molecule is Nc1ncnc2c(Br)cn(-c3ccc(C(=O)Nc4cc(C(F)(F)F)ccn4)cc3)c12. The van der Waals surface area contributed by atoms with Crippen LogP contribution in [-0.2, 0) is 6.18 Å². The summed E-state index contributed by atoms with van der Waals surface area (Å²) in [5.41, 5.74) is 7.26. The molecular weight excluding hydrogens is 465 g/mol. The number of nitrogens with zero attached hydrogens (tertiary/aromatic N) is 4. The highest BCUT2D eigenvalue weighted by Gasteiger charge is 2.30. The number of pyridine rings is 1. The van der Waals surface area contributed by atoms with Gasteiger partial charge in [-0.25, -0.2) is 15.0 Å². The molecule has 30 heavy (non-hydrogen) atoms. The molecule has 3 N–H and O–H groups in total. The monoisotopic (exact) mass is 476 g/mol. The Labute approximate surface area is 175 Å². The number of fused-ring (bicyclic) bond motifs is 1. The molecule has 0 spiro atoms. The number of alkyl halides is 3. The summed E-state index contributed by atoms with van der Waals surface area (Å²) in [6.07, 6.45) is -0.397. The van der Waals surface area contributed by atoms with Crippen LogP contribution in [-0.4, -0.2) is 25.4 Å². The van der Waals surface area contributed by atoms with Gasteiger partial charge in [-0.2, -0.15) is 13.2 Å². The highest BCUT2D eigenvalue weighted by molar-refractivity contribution is 9.10. The number of nitrogens with two attached hydrogens (primary N) is 1. The van der Waals surface area contributed by atoms with Crippen molar-refractivity contribution < 1.29 is 18.0 Å². The molecular formula is C19H12BrF3N6O. The van der Waals surface area contributed by atoms with Gasteiger partial charge in [0, 0.05) is 23.6 Å². The number of carbonyl (C=O) groups is 1. The van der Waals surface area contributed by atoms with Crippen LogP contribution in [0.3, 0.4) is 0 Å². The first-order valence-corrected chi connectivity index (χ1v) is 9.25. The molecule has 0 unspecified atom stereocenters. The Balaban J connectivity index is 1.60. The van der Waals surface area contributed by atoms with E-state index < -0.39 is 17.6 Å². The molecule has 4 aromatic rings. The van der Waals surface area contributed by atoms with Gasteiger partial charge in [0.1, 0.15) is 23.2 Å². The van der Waals surface area contributed by atoms with Crippen LogP contribution < -0.4 is 11.1 Å². The molecule has 1 aromatic carbocycles. The standard InChI is InChI=1S/C19H12BrF3N6O/c20-13-8-29(16-15(13)26-9-27-17(16)24)12-3-1-10(2-4-12)18(30)28-14-7-11(5-6-25-14)19(21,22)23/h1-9H,(H2,24,26,27)(H,25,28,30). The van der Waals surface area contributed by atoms with Crippen molar-refractivity contribution in [1.82, 2.24) is 19.5 Å². The lowest BCUT2D eigenvalue weighted by Crippen LogP contribution is -2.14. The number of halogens is 4. The van der Waals surface area contributed by atoms with Gasteiger partial charge in [0.25, 0.3) is 5.91 Å². The average molecular weight is 477 g/mol. The maximum atomic E-state index is 12.8. The quantitative estimate of drug-likeness (QED) is 0.455. The Hall–Kier alpha value is -3.47. The summed E-state index contributed by atoms with van der Waals surface area (Å²) in [5.74, 6) is -0.484. The summed E-state index contributed by atoms with van der Waals surface area (Å²) < 4.78 is 40.9. The molecule has 3 aromatic heterocycles. The second kappa shape index (κ2) is 7.41. The third-order valence-corrected chi connectivity index (χ3v) is 4.88. The molecule has 0 saturated carbocycles. The summed E-state index contributed by atoms with van der Waals surface area (Å²) in [6.45, 7) is 0. The molecule has 1 amide bonds. The lowest BCUT2D eigenvalue weighted by Gasteiger charge is -2.10. The molecule has 7 nitrogen and oxygen atoms in total. The Morgan fingerprint density at radius 3 is 2.53 bits per heavy atom. The number of amides is 1. The van der Waals surface area contributed by atoms with Crippen molar-refractivity contribution in [2.45, 2.75) is 6.18 Å². The van der Waals surface area contributed by atoms with Crippen molar-refractivity contribution in [2.75, 3.05) is 11.1 Å². The van der Waals surface area contributed by atoms with Crippen molar-refractivity contribution in [3.63, 3.8) is 0 Å². The van der Waals surface area contributed by atoms with Crippen molar-refractivity contribution in [1.29, 1.82) is 0 Å². The third-order valence-electron chi connectivity index (χ3n) is 4.30. The Morgan fingerprint density at radius 1 is 1.10 bits per heavy atom. The van der Waals surface area contributed by atoms with Crippen LogP contribution in [0.4, 0.5) is 24.8 Å². The smallest absolute Gasteiger partial charge is 0.382 e. The van der Waals surface area contributed by atoms with Gasteiger partial charge in [-0.15, -0.1) is 0 Å². The fraction of sp³-hybridized carbons (Fsp3) is 0.0526. The molecule has 0 aliphatic heterocycles. The molecule has 11 heteroatoms. The molecule has 0 radical (unpaired) electrons. The minimum Gasteiger partial charge on any atom is -0.382 e. The second-order valence-electron chi connectivity index (χ2n) is 6.23. The number of nitrogens with one attached hydrogen (secondary N) is 1. The number of nitrogen functional groups attached to an aromatic ring is 1. The van der Waals surface area contributed by atoms with Crippen molar-refractivity contribution in [3.05, 3.63) is 70.7 Å². The van der Waals surface area contributed by atoms with Crippen LogP contribution in [0, 0.1) is 0 Å². The summed E-state index contributed by atoms with van der Waals surface area (Å²) in [6, 6.07) is 8.04. The Bertz CT molecular complexity index is 1250. The number of carbonyl (C=O) groups excluding carboxylic acids is 1. The van der Waals surface area contributed by atoms with E-state index in [2.05, 4.69) is 36.2 Å². The lowest BCUT2D eigenvalue weighted by atomic mass is 10.2. The molecule has 3 heterocycles. The molecule has 0 saturated heterocycles. The van der Waals surface area contributed by atoms with Gasteiger partial charge in [-0.1, -0.05) is 0 Å². The van der Waals surface area contributed by atoms with Crippen molar-refractivity contribution in [2.24, 2.45) is 0 Å². The number of hydrogen-bond acceptors (Lipinski definition) is 5. The topological polar surface area (TPSA) is 98.7 Å². The number of rotatable bonds is 3. The molecule has 0 aliphatic rings. The van der Waals surface area contributed by atoms with E-state index >= 15 is 0 Å². The number of benzene rings is 1. The summed E-state index contributed by atoms with van der Waals surface area (Å²) in [7, 11) is 0. The van der Waals surface area contributed by atoms with E-state index in [4.69, 9.17) is 5.73 Å². The highest BCUT2D eigenvalue weighted by Crippen LogP contribution is 2.31. The predicted octanol–water partition coefficient (Wildman–Crippen LogP) is 4.43. The van der Waals surface area contributed by atoms with Gasteiger partial charge in [0.2, 0.25) is 0 Å². The zero-order chi connectivity index (χ0) is 21.5. The zero-order valence-electron chi connectivity index (χ0n) is 15.0. The molecule has 0 aliphatic carbocycles. The van der Waals surface area contributed by atoms with Gasteiger partial charge < -0.3 is 15.6 Å². The Kier molecular flexibility index (Phi) is 4.90. The molecule has 0 atom stereocenters. The predicted molar refractivity (Wildman–Crippen MR) is 108 cm³/mol. The van der Waals surface area contributed by atoms with Gasteiger partial charge in [0.05, 0.1) is 10.0 Å².